The van der Waals surface area contributed by atoms with Crippen LogP contribution in [0.5, 0.6) is 0 Å². The highest BCUT2D eigenvalue weighted by atomic mass is 32.1. The molecule has 2 saturated heterocycles. The molecule has 1 aromatic rings. The van der Waals surface area contributed by atoms with Crippen molar-refractivity contribution >= 4 is 35.0 Å². The molecular formula is C29H41N3O5S. The average Bonchev–Trinajstić information content (AvgIpc) is 3.48. The summed E-state index contributed by atoms with van der Waals surface area (Å²) in [6.45, 7) is 10.7. The van der Waals surface area contributed by atoms with E-state index in [1.165, 1.54) is 24.2 Å². The third-order valence-corrected chi connectivity index (χ3v) is 8.77. The third-order valence-electron chi connectivity index (χ3n) is 7.74. The summed E-state index contributed by atoms with van der Waals surface area (Å²) in [7, 11) is 0. The van der Waals surface area contributed by atoms with Crippen LogP contribution < -0.4 is 10.2 Å². The highest BCUT2D eigenvalue weighted by Gasteiger charge is 2.34. The monoisotopic (exact) mass is 543 g/mol. The van der Waals surface area contributed by atoms with Gasteiger partial charge < -0.3 is 25.0 Å². The predicted octanol–water partition coefficient (Wildman–Crippen LogP) is 4.97. The first kappa shape index (κ1) is 28.3. The van der Waals surface area contributed by atoms with Gasteiger partial charge in [0.15, 0.2) is 0 Å². The van der Waals surface area contributed by atoms with Gasteiger partial charge in [0.2, 0.25) is 5.91 Å². The fourth-order valence-electron chi connectivity index (χ4n) is 5.53. The zero-order valence-corrected chi connectivity index (χ0v) is 23.9. The summed E-state index contributed by atoms with van der Waals surface area (Å²) in [5.74, 6) is 6.70. The number of ether oxygens (including phenoxy) is 1. The number of nitrogens with zero attached hydrogens (tertiary/aromatic N) is 2. The Morgan fingerprint density at radius 1 is 1.18 bits per heavy atom. The number of carboxylic acids is 1. The van der Waals surface area contributed by atoms with Crippen molar-refractivity contribution in [2.45, 2.75) is 84.8 Å². The van der Waals surface area contributed by atoms with Gasteiger partial charge in [0, 0.05) is 31.1 Å². The number of thiophene rings is 1. The number of hydrogen-bond acceptors (Lipinski definition) is 6. The van der Waals surface area contributed by atoms with E-state index in [0.29, 0.717) is 30.4 Å². The van der Waals surface area contributed by atoms with Crippen LogP contribution in [0.2, 0.25) is 0 Å². The topological polar surface area (TPSA) is 99.2 Å². The Hall–Kier alpha value is -2.73. The van der Waals surface area contributed by atoms with Gasteiger partial charge in [-0.05, 0) is 64.4 Å². The molecule has 1 aliphatic carbocycles. The number of carbonyl (C=O) groups is 3. The molecule has 2 amide bonds. The summed E-state index contributed by atoms with van der Waals surface area (Å²) in [4.78, 5) is 41.6. The van der Waals surface area contributed by atoms with Crippen molar-refractivity contribution in [2.75, 3.05) is 31.1 Å². The number of piperidine rings is 1. The molecule has 8 nitrogen and oxygen atoms in total. The van der Waals surface area contributed by atoms with Crippen molar-refractivity contribution < 1.29 is 24.2 Å². The Bertz CT molecular complexity index is 1080. The quantitative estimate of drug-likeness (QED) is 0.492. The van der Waals surface area contributed by atoms with Crippen LogP contribution in [-0.4, -0.2) is 66.3 Å². The van der Waals surface area contributed by atoms with Gasteiger partial charge in [-0.1, -0.05) is 31.6 Å². The number of amides is 2. The summed E-state index contributed by atoms with van der Waals surface area (Å²) in [6.07, 6.45) is 5.62. The minimum absolute atomic E-state index is 0.0918. The molecule has 0 unspecified atom stereocenters. The number of carbonyl (C=O) groups excluding carboxylic acids is 2. The molecular weight excluding hydrogens is 502 g/mol. The van der Waals surface area contributed by atoms with Crippen molar-refractivity contribution in [1.82, 2.24) is 10.2 Å². The van der Waals surface area contributed by atoms with Gasteiger partial charge in [-0.2, -0.15) is 0 Å². The van der Waals surface area contributed by atoms with Crippen molar-refractivity contribution in [2.24, 2.45) is 17.3 Å². The van der Waals surface area contributed by atoms with E-state index in [1.807, 2.05) is 26.8 Å². The van der Waals surface area contributed by atoms with Gasteiger partial charge in [-0.15, -0.1) is 11.3 Å². The lowest BCUT2D eigenvalue weighted by atomic mass is 9.82. The van der Waals surface area contributed by atoms with Crippen LogP contribution in [0.25, 0.3) is 0 Å². The van der Waals surface area contributed by atoms with E-state index in [0.717, 1.165) is 48.7 Å². The van der Waals surface area contributed by atoms with Gasteiger partial charge in [-0.3, -0.25) is 4.79 Å². The smallest absolute Gasteiger partial charge is 0.410 e. The minimum Gasteiger partial charge on any atom is -0.477 e. The number of likely N-dealkylation sites (tertiary alicyclic amines) is 1. The standard InChI is InChI=1S/C29H41N3O5S/c1-19-5-7-20(8-6-19)18-32(24-16-23(9-12-29(2,3)4)38-26(24)27(34)35)21-10-13-31(14-11-21)28(36)37-22-15-25(33)30-17-22/h16,19-22H,5-8,10-11,13-15,17-18H2,1-4H3,(H,30,33)(H,34,35)/t19?,20?,22-/m0/s1. The summed E-state index contributed by atoms with van der Waals surface area (Å²) in [6, 6.07) is 2.09. The van der Waals surface area contributed by atoms with Crippen molar-refractivity contribution in [3.8, 4) is 11.8 Å². The molecule has 3 aliphatic rings. The highest BCUT2D eigenvalue weighted by molar-refractivity contribution is 7.15. The lowest BCUT2D eigenvalue weighted by Crippen LogP contribution is -2.49. The number of rotatable bonds is 6. The van der Waals surface area contributed by atoms with E-state index < -0.39 is 12.1 Å². The van der Waals surface area contributed by atoms with Crippen LogP contribution >= 0.6 is 11.3 Å². The number of aromatic carboxylic acids is 1. The molecule has 2 aliphatic heterocycles. The minimum atomic E-state index is -0.920. The summed E-state index contributed by atoms with van der Waals surface area (Å²) < 4.78 is 5.54. The lowest BCUT2D eigenvalue weighted by molar-refractivity contribution is -0.119. The Kier molecular flexibility index (Phi) is 8.92. The van der Waals surface area contributed by atoms with Crippen LogP contribution in [0.1, 0.15) is 87.2 Å². The Morgan fingerprint density at radius 3 is 2.45 bits per heavy atom. The van der Waals surface area contributed by atoms with Crippen LogP contribution in [-0.2, 0) is 9.53 Å². The molecule has 1 aromatic heterocycles. The zero-order chi connectivity index (χ0) is 27.4. The summed E-state index contributed by atoms with van der Waals surface area (Å²) >= 11 is 1.25. The molecule has 0 spiro atoms. The SMILES string of the molecule is CC1CCC(CN(c2cc(C#CC(C)(C)C)sc2C(=O)O)C2CCN(C(=O)O[C@@H]3CNC(=O)C3)CC2)CC1. The van der Waals surface area contributed by atoms with E-state index in [1.54, 1.807) is 4.90 Å². The molecule has 4 rings (SSSR count). The maximum absolute atomic E-state index is 12.7. The molecule has 1 atom stereocenters. The summed E-state index contributed by atoms with van der Waals surface area (Å²) in [5.41, 5.74) is 0.589. The van der Waals surface area contributed by atoms with Gasteiger partial charge in [0.25, 0.3) is 0 Å². The van der Waals surface area contributed by atoms with Crippen LogP contribution in [0.3, 0.4) is 0 Å². The Balaban J connectivity index is 1.52. The number of hydrogen-bond donors (Lipinski definition) is 2. The van der Waals surface area contributed by atoms with E-state index in [2.05, 4.69) is 29.0 Å². The largest absolute Gasteiger partial charge is 0.477 e. The molecule has 0 aromatic carbocycles. The number of anilines is 1. The zero-order valence-electron chi connectivity index (χ0n) is 23.0. The Labute approximate surface area is 230 Å². The van der Waals surface area contributed by atoms with Crippen molar-refractivity contribution in [1.29, 1.82) is 0 Å². The van der Waals surface area contributed by atoms with Crippen molar-refractivity contribution in [3.63, 3.8) is 0 Å². The van der Waals surface area contributed by atoms with Gasteiger partial charge in [-0.25, -0.2) is 9.59 Å². The molecule has 9 heteroatoms. The molecule has 208 valence electrons. The second kappa shape index (κ2) is 12.0. The molecule has 0 radical (unpaired) electrons. The molecule has 38 heavy (non-hydrogen) atoms. The molecule has 0 bridgehead atoms. The van der Waals surface area contributed by atoms with Gasteiger partial charge in [0.05, 0.1) is 23.5 Å². The first-order valence-corrected chi connectivity index (χ1v) is 14.7. The number of nitrogens with one attached hydrogen (secondary N) is 1. The fourth-order valence-corrected chi connectivity index (χ4v) is 6.39. The second-order valence-electron chi connectivity index (χ2n) is 12.1. The highest BCUT2D eigenvalue weighted by Crippen LogP contribution is 2.37. The number of carboxylic acid groups (broad SMARTS) is 1. The van der Waals surface area contributed by atoms with Crippen molar-refractivity contribution in [3.05, 3.63) is 15.8 Å². The van der Waals surface area contributed by atoms with E-state index >= 15 is 0 Å². The molecule has 3 heterocycles. The normalized spacial score (nSPS) is 24.4. The maximum atomic E-state index is 12.7. The van der Waals surface area contributed by atoms with Crippen LogP contribution in [0.4, 0.5) is 10.5 Å². The van der Waals surface area contributed by atoms with E-state index in [9.17, 15) is 19.5 Å². The first-order valence-electron chi connectivity index (χ1n) is 13.9. The predicted molar refractivity (Wildman–Crippen MR) is 149 cm³/mol. The second-order valence-corrected chi connectivity index (χ2v) is 13.2. The van der Waals surface area contributed by atoms with E-state index in [4.69, 9.17) is 4.74 Å². The third kappa shape index (κ3) is 7.43. The molecule has 2 N–H and O–H groups in total. The maximum Gasteiger partial charge on any atom is 0.410 e. The van der Waals surface area contributed by atoms with Crippen LogP contribution in [0, 0.1) is 29.1 Å². The van der Waals surface area contributed by atoms with Gasteiger partial charge in [0.1, 0.15) is 11.0 Å². The van der Waals surface area contributed by atoms with E-state index in [-0.39, 0.29) is 29.9 Å². The molecule has 1 saturated carbocycles. The van der Waals surface area contributed by atoms with Crippen LogP contribution in [0.15, 0.2) is 6.07 Å². The summed E-state index contributed by atoms with van der Waals surface area (Å²) in [5, 5.41) is 12.8. The molecule has 3 fully saturated rings. The fraction of sp³-hybridized carbons (Fsp3) is 0.690. The Morgan fingerprint density at radius 2 is 1.87 bits per heavy atom. The lowest BCUT2D eigenvalue weighted by Gasteiger charge is -2.42. The van der Waals surface area contributed by atoms with Gasteiger partial charge >= 0.3 is 12.1 Å². The first-order chi connectivity index (χ1) is 18.0. The average molecular weight is 544 g/mol.